The topological polar surface area (TPSA) is 140 Å². The third kappa shape index (κ3) is 8.70. The number of carbonyl (C=O) groups excluding carboxylic acids is 2. The Balaban J connectivity index is 1.27. The third-order valence-corrected chi connectivity index (χ3v) is 6.15. The number of carbonyl (C=O) groups is 2. The molecule has 0 aliphatic carbocycles. The second-order valence-electron chi connectivity index (χ2n) is 9.43. The maximum absolute atomic E-state index is 14.7. The van der Waals surface area contributed by atoms with Gasteiger partial charge in [-0.2, -0.15) is 4.39 Å². The van der Waals surface area contributed by atoms with E-state index in [1.165, 1.54) is 30.5 Å². The van der Waals surface area contributed by atoms with Crippen LogP contribution in [0, 0.1) is 5.82 Å². The van der Waals surface area contributed by atoms with Crippen LogP contribution in [0.4, 0.5) is 27.6 Å². The lowest BCUT2D eigenvalue weighted by Crippen LogP contribution is -2.28. The molecular formula is C28H25F5N6O5. The summed E-state index contributed by atoms with van der Waals surface area (Å²) in [6.07, 6.45) is -5.94. The number of aliphatic hydroxyl groups is 1. The zero-order chi connectivity index (χ0) is 31.9. The highest BCUT2D eigenvalue weighted by molar-refractivity contribution is 5.94. The van der Waals surface area contributed by atoms with E-state index >= 15 is 0 Å². The van der Waals surface area contributed by atoms with Gasteiger partial charge in [0.1, 0.15) is 11.9 Å². The van der Waals surface area contributed by atoms with E-state index < -0.39 is 53.3 Å². The molecule has 2 aromatic carbocycles. The summed E-state index contributed by atoms with van der Waals surface area (Å²) in [6, 6.07) is 14.1. The number of ether oxygens (including phenoxy) is 1. The molecule has 0 aliphatic heterocycles. The molecule has 2 aromatic heterocycles. The molecule has 0 fully saturated rings. The van der Waals surface area contributed by atoms with Crippen molar-refractivity contribution in [3.63, 3.8) is 0 Å². The number of hydrogen-bond donors (Lipinski definition) is 3. The van der Waals surface area contributed by atoms with Gasteiger partial charge in [0.15, 0.2) is 11.8 Å². The molecule has 0 aliphatic rings. The normalized spacial score (nSPS) is 12.8. The van der Waals surface area contributed by atoms with Crippen molar-refractivity contribution in [3.8, 4) is 5.75 Å². The molecule has 0 bridgehead atoms. The first-order chi connectivity index (χ1) is 20.9. The van der Waals surface area contributed by atoms with Crippen molar-refractivity contribution in [3.05, 3.63) is 106 Å². The summed E-state index contributed by atoms with van der Waals surface area (Å²) < 4.78 is 72.3. The van der Waals surface area contributed by atoms with Gasteiger partial charge in [0, 0.05) is 19.3 Å². The van der Waals surface area contributed by atoms with Crippen molar-refractivity contribution in [2.75, 3.05) is 5.32 Å². The van der Waals surface area contributed by atoms with E-state index in [1.54, 1.807) is 18.2 Å². The number of benzene rings is 2. The molecule has 1 unspecified atom stereocenters. The Morgan fingerprint density at radius 1 is 1.07 bits per heavy atom. The first kappa shape index (κ1) is 31.8. The van der Waals surface area contributed by atoms with E-state index in [0.29, 0.717) is 5.56 Å². The monoisotopic (exact) mass is 620 g/mol. The van der Waals surface area contributed by atoms with Crippen LogP contribution in [-0.4, -0.2) is 49.0 Å². The van der Waals surface area contributed by atoms with Gasteiger partial charge in [-0.1, -0.05) is 47.7 Å². The molecule has 11 nitrogen and oxygen atoms in total. The van der Waals surface area contributed by atoms with Gasteiger partial charge in [0.25, 0.3) is 17.4 Å². The van der Waals surface area contributed by atoms with Gasteiger partial charge in [0.05, 0.1) is 18.4 Å². The number of amides is 2. The number of anilines is 1. The lowest BCUT2D eigenvalue weighted by atomic mass is 10.1. The van der Waals surface area contributed by atoms with Crippen LogP contribution in [0.25, 0.3) is 0 Å². The number of aliphatic hydroxyl groups excluding tert-OH is 1. The summed E-state index contributed by atoms with van der Waals surface area (Å²) in [4.78, 5) is 37.1. The van der Waals surface area contributed by atoms with Crippen LogP contribution in [-0.2, 0) is 24.4 Å². The molecule has 0 saturated carbocycles. The molecule has 2 heterocycles. The van der Waals surface area contributed by atoms with Gasteiger partial charge < -0.3 is 25.0 Å². The molecule has 232 valence electrons. The number of alkyl halides is 4. The fraction of sp³-hybridized carbons (Fsp3) is 0.250. The molecule has 44 heavy (non-hydrogen) atoms. The van der Waals surface area contributed by atoms with Crippen molar-refractivity contribution in [1.82, 2.24) is 24.9 Å². The van der Waals surface area contributed by atoms with Gasteiger partial charge >= 0.3 is 6.36 Å². The van der Waals surface area contributed by atoms with Gasteiger partial charge in [-0.15, -0.1) is 18.3 Å². The number of rotatable bonds is 12. The summed E-state index contributed by atoms with van der Waals surface area (Å²) in [5.41, 5.74) is -1.13. The van der Waals surface area contributed by atoms with Crippen molar-refractivity contribution in [1.29, 1.82) is 0 Å². The zero-order valence-corrected chi connectivity index (χ0v) is 22.7. The summed E-state index contributed by atoms with van der Waals surface area (Å²) in [5, 5.41) is 22.1. The largest absolute Gasteiger partial charge is 0.573 e. The summed E-state index contributed by atoms with van der Waals surface area (Å²) >= 11 is 0. The highest BCUT2D eigenvalue weighted by Gasteiger charge is 2.31. The van der Waals surface area contributed by atoms with Gasteiger partial charge in [-0.25, -0.2) is 9.07 Å². The van der Waals surface area contributed by atoms with E-state index in [-0.39, 0.29) is 37.3 Å². The Kier molecular flexibility index (Phi) is 10.0. The fourth-order valence-corrected chi connectivity index (χ4v) is 4.00. The number of pyridine rings is 1. The molecule has 2 atom stereocenters. The fourth-order valence-electron chi connectivity index (χ4n) is 4.00. The van der Waals surface area contributed by atoms with Gasteiger partial charge in [0.2, 0.25) is 5.82 Å². The van der Waals surface area contributed by atoms with Crippen LogP contribution >= 0.6 is 0 Å². The minimum absolute atomic E-state index is 0.145. The molecule has 3 N–H and O–H groups in total. The van der Waals surface area contributed by atoms with Crippen LogP contribution in [0.3, 0.4) is 0 Å². The summed E-state index contributed by atoms with van der Waals surface area (Å²) in [6.45, 7) is -0.718. The molecule has 0 radical (unpaired) electrons. The van der Waals surface area contributed by atoms with E-state index in [4.69, 9.17) is 0 Å². The van der Waals surface area contributed by atoms with E-state index in [2.05, 4.69) is 25.7 Å². The molecule has 2 amide bonds. The predicted octanol–water partition coefficient (Wildman–Crippen LogP) is 3.51. The Bertz CT molecular complexity index is 1660. The lowest BCUT2D eigenvalue weighted by molar-refractivity contribution is -0.274. The minimum Gasteiger partial charge on any atom is -0.406 e. The maximum atomic E-state index is 14.7. The van der Waals surface area contributed by atoms with Crippen molar-refractivity contribution >= 4 is 17.5 Å². The molecule has 0 saturated heterocycles. The Morgan fingerprint density at radius 2 is 1.82 bits per heavy atom. The first-order valence-electron chi connectivity index (χ1n) is 13.0. The Hall–Kier alpha value is -5.12. The van der Waals surface area contributed by atoms with Gasteiger partial charge in [-0.05, 0) is 35.7 Å². The zero-order valence-electron chi connectivity index (χ0n) is 22.7. The van der Waals surface area contributed by atoms with E-state index in [9.17, 15) is 41.4 Å². The van der Waals surface area contributed by atoms with Crippen LogP contribution in [0.5, 0.6) is 5.75 Å². The number of nitrogens with zero attached hydrogens (tertiary/aromatic N) is 4. The smallest absolute Gasteiger partial charge is 0.406 e. The summed E-state index contributed by atoms with van der Waals surface area (Å²) in [7, 11) is 0. The SMILES string of the molecule is O=C(NCc1cccc(OC(F)(F)F)c1)c1cn(CC(F)CCn2ccc(NC(=O)[C@H](O)c3ccccc3)c(F)c2=O)nn1. The molecule has 0 spiro atoms. The number of hydrogen-bond acceptors (Lipinski definition) is 7. The number of nitrogens with one attached hydrogen (secondary N) is 2. The number of aromatic nitrogens is 4. The highest BCUT2D eigenvalue weighted by atomic mass is 19.4. The third-order valence-electron chi connectivity index (χ3n) is 6.15. The molecular weight excluding hydrogens is 595 g/mol. The molecule has 16 heteroatoms. The first-order valence-corrected chi connectivity index (χ1v) is 13.0. The average Bonchev–Trinajstić information content (AvgIpc) is 3.45. The maximum Gasteiger partial charge on any atom is 0.573 e. The quantitative estimate of drug-likeness (QED) is 0.206. The number of halogens is 5. The summed E-state index contributed by atoms with van der Waals surface area (Å²) in [5.74, 6) is -3.39. The van der Waals surface area contributed by atoms with Crippen molar-refractivity contribution in [2.45, 2.75) is 44.7 Å². The van der Waals surface area contributed by atoms with Gasteiger partial charge in [-0.3, -0.25) is 14.4 Å². The second-order valence-corrected chi connectivity index (χ2v) is 9.43. The number of aryl methyl sites for hydroxylation is 1. The predicted molar refractivity (Wildman–Crippen MR) is 145 cm³/mol. The minimum atomic E-state index is -4.86. The van der Waals surface area contributed by atoms with Crippen LogP contribution in [0.1, 0.15) is 34.1 Å². The lowest BCUT2D eigenvalue weighted by Gasteiger charge is -2.14. The molecule has 4 aromatic rings. The molecule has 4 rings (SSSR count). The van der Waals surface area contributed by atoms with Crippen LogP contribution in [0.15, 0.2) is 77.9 Å². The second kappa shape index (κ2) is 13.9. The Labute approximate surface area is 245 Å². The average molecular weight is 621 g/mol. The van der Waals surface area contributed by atoms with Crippen molar-refractivity contribution in [2.24, 2.45) is 0 Å². The van der Waals surface area contributed by atoms with E-state index in [1.807, 2.05) is 0 Å². The Morgan fingerprint density at radius 3 is 2.55 bits per heavy atom. The highest BCUT2D eigenvalue weighted by Crippen LogP contribution is 2.23. The van der Waals surface area contributed by atoms with Crippen LogP contribution in [0.2, 0.25) is 0 Å². The van der Waals surface area contributed by atoms with Crippen LogP contribution < -0.4 is 20.9 Å². The van der Waals surface area contributed by atoms with E-state index in [0.717, 1.165) is 33.6 Å². The standard InChI is InChI=1S/C28H25F5N6O5/c29-19(9-11-38-12-10-21(23(30)27(38)43)35-26(42)24(40)18-6-2-1-3-7-18)15-39-16-22(36-37-39)25(41)34-14-17-5-4-8-20(13-17)44-28(31,32)33/h1-8,10,12-13,16,19,24,40H,9,11,14-15H2,(H,34,41)(H,35,42)/t19?,24-/m1/s1. The van der Waals surface area contributed by atoms with Crippen molar-refractivity contribution < 1.29 is 41.4 Å².